The third-order valence-electron chi connectivity index (χ3n) is 1.41. The van der Waals surface area contributed by atoms with Crippen LogP contribution in [0.15, 0.2) is 0 Å². The van der Waals surface area contributed by atoms with Gasteiger partial charge in [0.2, 0.25) is 0 Å². The predicted molar refractivity (Wildman–Crippen MR) is 33.5 cm³/mol. The first-order valence-corrected chi connectivity index (χ1v) is 4.16. The molecule has 0 spiro atoms. The second kappa shape index (κ2) is 4.72. The third kappa shape index (κ3) is 3.00. The van der Waals surface area contributed by atoms with Crippen molar-refractivity contribution in [3.63, 3.8) is 0 Å². The Balaban J connectivity index is 0.000000490. The molecule has 1 rings (SSSR count). The molecule has 0 aliphatic carbocycles. The average Bonchev–Trinajstić information content (AvgIpc) is 1.69. The molecular formula is C5H12OPtSi. The van der Waals surface area contributed by atoms with E-state index < -0.39 is 0 Å². The molecule has 0 aromatic rings. The summed E-state index contributed by atoms with van der Waals surface area (Å²) in [6, 6.07) is 0. The van der Waals surface area contributed by atoms with Gasteiger partial charge in [-0.05, 0) is 19.3 Å². The first-order chi connectivity index (χ1) is 3.39. The van der Waals surface area contributed by atoms with Crippen molar-refractivity contribution >= 4 is 10.2 Å². The maximum Gasteiger partial charge on any atom is 0.0465 e. The standard InChI is InChI=1S/C5H12OSi.Pt/c7-5-3-1-2-4-6-5;/h5H,1-4H2,7H3;. The zero-order chi connectivity index (χ0) is 5.11. The van der Waals surface area contributed by atoms with Gasteiger partial charge in [-0.25, -0.2) is 0 Å². The minimum absolute atomic E-state index is 0. The van der Waals surface area contributed by atoms with Crippen LogP contribution in [0.2, 0.25) is 0 Å². The average molecular weight is 311 g/mol. The van der Waals surface area contributed by atoms with Crippen LogP contribution in [0, 0.1) is 0 Å². The Hall–Kier alpha value is 0.865. The van der Waals surface area contributed by atoms with Crippen molar-refractivity contribution < 1.29 is 25.8 Å². The van der Waals surface area contributed by atoms with E-state index in [1.165, 1.54) is 29.5 Å². The Morgan fingerprint density at radius 2 is 2.12 bits per heavy atom. The number of hydrogen-bond donors (Lipinski definition) is 0. The van der Waals surface area contributed by atoms with E-state index in [1.54, 1.807) is 0 Å². The summed E-state index contributed by atoms with van der Waals surface area (Å²) < 4.78 is 5.34. The molecule has 0 amide bonds. The van der Waals surface area contributed by atoms with Crippen LogP contribution >= 0.6 is 0 Å². The van der Waals surface area contributed by atoms with Gasteiger partial charge in [-0.3, -0.25) is 0 Å². The van der Waals surface area contributed by atoms with Crippen LogP contribution in [0.25, 0.3) is 0 Å². The van der Waals surface area contributed by atoms with Gasteiger partial charge >= 0.3 is 0 Å². The van der Waals surface area contributed by atoms with E-state index in [4.69, 9.17) is 4.74 Å². The van der Waals surface area contributed by atoms with Crippen molar-refractivity contribution in [3.05, 3.63) is 0 Å². The molecule has 1 fully saturated rings. The molecule has 0 saturated carbocycles. The molecule has 1 atom stereocenters. The first-order valence-electron chi connectivity index (χ1n) is 3.01. The SMILES string of the molecule is [Pt].[SiH3]C1CCCCO1. The van der Waals surface area contributed by atoms with E-state index in [9.17, 15) is 0 Å². The van der Waals surface area contributed by atoms with Crippen molar-refractivity contribution in [2.75, 3.05) is 6.61 Å². The molecule has 0 bridgehead atoms. The van der Waals surface area contributed by atoms with Gasteiger partial charge in [0.25, 0.3) is 0 Å². The molecule has 0 radical (unpaired) electrons. The van der Waals surface area contributed by atoms with Crippen LogP contribution in [-0.2, 0) is 25.8 Å². The summed E-state index contributed by atoms with van der Waals surface area (Å²) in [5, 5.41) is 0. The Kier molecular flexibility index (Phi) is 5.23. The quantitative estimate of drug-likeness (QED) is 0.567. The molecule has 1 aliphatic heterocycles. The molecule has 0 N–H and O–H groups in total. The molecule has 1 nitrogen and oxygen atoms in total. The zero-order valence-electron chi connectivity index (χ0n) is 5.13. The van der Waals surface area contributed by atoms with Gasteiger partial charge in [0.05, 0.1) is 0 Å². The Bertz CT molecular complexity index is 54.4. The van der Waals surface area contributed by atoms with E-state index in [0.29, 0.717) is 5.73 Å². The van der Waals surface area contributed by atoms with E-state index in [0.717, 1.165) is 6.61 Å². The van der Waals surface area contributed by atoms with Gasteiger partial charge in [-0.15, -0.1) is 0 Å². The number of rotatable bonds is 0. The van der Waals surface area contributed by atoms with E-state index in [1.807, 2.05) is 0 Å². The van der Waals surface area contributed by atoms with Crippen molar-refractivity contribution in [1.82, 2.24) is 0 Å². The maximum absolute atomic E-state index is 5.34. The van der Waals surface area contributed by atoms with Crippen LogP contribution in [0.5, 0.6) is 0 Å². The first kappa shape index (κ1) is 8.87. The van der Waals surface area contributed by atoms with Gasteiger partial charge in [0.1, 0.15) is 0 Å². The summed E-state index contributed by atoms with van der Waals surface area (Å²) in [5.41, 5.74) is 0.675. The van der Waals surface area contributed by atoms with Crippen LogP contribution in [-0.4, -0.2) is 22.6 Å². The fraction of sp³-hybridized carbons (Fsp3) is 1.00. The van der Waals surface area contributed by atoms with Gasteiger partial charge < -0.3 is 4.74 Å². The summed E-state index contributed by atoms with van der Waals surface area (Å²) in [6.07, 6.45) is 4.01. The van der Waals surface area contributed by atoms with Crippen LogP contribution in [0.1, 0.15) is 19.3 Å². The van der Waals surface area contributed by atoms with Crippen LogP contribution in [0.4, 0.5) is 0 Å². The number of ether oxygens (including phenoxy) is 1. The predicted octanol–water partition coefficient (Wildman–Crippen LogP) is -0.124. The molecule has 1 unspecified atom stereocenters. The minimum Gasteiger partial charge on any atom is -0.383 e. The second-order valence-electron chi connectivity index (χ2n) is 2.18. The van der Waals surface area contributed by atoms with Crippen molar-refractivity contribution in [2.45, 2.75) is 25.0 Å². The molecule has 52 valence electrons. The smallest absolute Gasteiger partial charge is 0.0465 e. The summed E-state index contributed by atoms with van der Waals surface area (Å²) in [4.78, 5) is 0. The Labute approximate surface area is 67.9 Å². The minimum atomic E-state index is 0. The third-order valence-corrected chi connectivity index (χ3v) is 2.32. The summed E-state index contributed by atoms with van der Waals surface area (Å²) >= 11 is 0. The molecule has 1 aliphatic rings. The maximum atomic E-state index is 5.34. The largest absolute Gasteiger partial charge is 0.383 e. The van der Waals surface area contributed by atoms with Crippen LogP contribution in [0.3, 0.4) is 0 Å². The molecular weight excluding hydrogens is 299 g/mol. The summed E-state index contributed by atoms with van der Waals surface area (Å²) in [6.45, 7) is 1.02. The second-order valence-corrected chi connectivity index (χ2v) is 3.47. The molecule has 8 heavy (non-hydrogen) atoms. The van der Waals surface area contributed by atoms with E-state index >= 15 is 0 Å². The van der Waals surface area contributed by atoms with E-state index in [2.05, 4.69) is 0 Å². The molecule has 0 aromatic heterocycles. The van der Waals surface area contributed by atoms with Crippen LogP contribution < -0.4 is 0 Å². The number of hydrogen-bond acceptors (Lipinski definition) is 1. The summed E-state index contributed by atoms with van der Waals surface area (Å²) in [5.74, 6) is 0. The fourth-order valence-electron chi connectivity index (χ4n) is 0.902. The van der Waals surface area contributed by atoms with E-state index in [-0.39, 0.29) is 21.1 Å². The molecule has 1 saturated heterocycles. The van der Waals surface area contributed by atoms with Crippen molar-refractivity contribution in [1.29, 1.82) is 0 Å². The van der Waals surface area contributed by atoms with Crippen molar-refractivity contribution in [2.24, 2.45) is 0 Å². The summed E-state index contributed by atoms with van der Waals surface area (Å²) in [7, 11) is 1.23. The van der Waals surface area contributed by atoms with Gasteiger partial charge in [-0.2, -0.15) is 0 Å². The fourth-order valence-corrected chi connectivity index (χ4v) is 1.55. The topological polar surface area (TPSA) is 9.23 Å². The normalized spacial score (nSPS) is 29.2. The molecule has 1 heterocycles. The zero-order valence-corrected chi connectivity index (χ0v) is 9.40. The Morgan fingerprint density at radius 3 is 2.38 bits per heavy atom. The molecule has 0 aromatic carbocycles. The van der Waals surface area contributed by atoms with Gasteiger partial charge in [0.15, 0.2) is 0 Å². The monoisotopic (exact) mass is 311 g/mol. The van der Waals surface area contributed by atoms with Gasteiger partial charge in [0, 0.05) is 43.6 Å². The Morgan fingerprint density at radius 1 is 1.38 bits per heavy atom. The van der Waals surface area contributed by atoms with Gasteiger partial charge in [-0.1, -0.05) is 0 Å². The molecule has 3 heteroatoms. The van der Waals surface area contributed by atoms with Crippen molar-refractivity contribution in [3.8, 4) is 0 Å².